The molecule has 2 aromatic rings. The minimum absolute atomic E-state index is 0.172. The van der Waals surface area contributed by atoms with E-state index >= 15 is 0 Å². The molecule has 3 nitrogen and oxygen atoms in total. The largest absolute Gasteiger partial charge is 0.387 e. The van der Waals surface area contributed by atoms with Gasteiger partial charge in [-0.2, -0.15) is 0 Å². The van der Waals surface area contributed by atoms with Crippen LogP contribution in [0.4, 0.5) is 0 Å². The second-order valence-corrected chi connectivity index (χ2v) is 5.03. The molecule has 0 aliphatic rings. The van der Waals surface area contributed by atoms with Crippen LogP contribution >= 0.6 is 11.6 Å². The van der Waals surface area contributed by atoms with Gasteiger partial charge < -0.3 is 10.4 Å². The molecule has 2 N–H and O–H groups in total. The minimum atomic E-state index is -0.715. The van der Waals surface area contributed by atoms with Gasteiger partial charge in [-0.25, -0.2) is 0 Å². The molecule has 104 valence electrons. The molecule has 0 aromatic heterocycles. The van der Waals surface area contributed by atoms with Crippen LogP contribution in [0, 0.1) is 6.92 Å². The molecule has 1 amide bonds. The molecular weight excluding hydrogens is 274 g/mol. The Morgan fingerprint density at radius 1 is 1.25 bits per heavy atom. The van der Waals surface area contributed by atoms with Crippen LogP contribution in [0.1, 0.15) is 27.6 Å². The van der Waals surface area contributed by atoms with E-state index in [0.29, 0.717) is 10.6 Å². The molecule has 0 heterocycles. The van der Waals surface area contributed by atoms with Crippen molar-refractivity contribution in [2.24, 2.45) is 0 Å². The molecule has 0 aliphatic carbocycles. The van der Waals surface area contributed by atoms with Crippen LogP contribution in [-0.4, -0.2) is 17.6 Å². The van der Waals surface area contributed by atoms with Crippen LogP contribution in [0.5, 0.6) is 0 Å². The molecule has 20 heavy (non-hydrogen) atoms. The summed E-state index contributed by atoms with van der Waals surface area (Å²) in [7, 11) is 0. The molecule has 0 spiro atoms. The molecule has 4 heteroatoms. The molecule has 2 rings (SSSR count). The number of carbonyl (C=O) groups is 1. The molecule has 0 bridgehead atoms. The Morgan fingerprint density at radius 2 is 1.95 bits per heavy atom. The Balaban J connectivity index is 1.99. The zero-order valence-electron chi connectivity index (χ0n) is 11.1. The van der Waals surface area contributed by atoms with Gasteiger partial charge in [0.2, 0.25) is 0 Å². The van der Waals surface area contributed by atoms with E-state index < -0.39 is 6.10 Å². The summed E-state index contributed by atoms with van der Waals surface area (Å²) in [6.45, 7) is 2.00. The van der Waals surface area contributed by atoms with E-state index in [4.69, 9.17) is 11.6 Å². The van der Waals surface area contributed by atoms with E-state index in [1.807, 2.05) is 37.3 Å². The van der Waals surface area contributed by atoms with E-state index in [1.165, 1.54) is 0 Å². The van der Waals surface area contributed by atoms with Gasteiger partial charge in [-0.1, -0.05) is 41.9 Å². The number of carbonyl (C=O) groups excluding carboxylic acids is 1. The summed E-state index contributed by atoms with van der Waals surface area (Å²) in [4.78, 5) is 12.0. The molecule has 0 saturated carbocycles. The second-order valence-electron chi connectivity index (χ2n) is 4.60. The number of hydrogen-bond donors (Lipinski definition) is 2. The summed E-state index contributed by atoms with van der Waals surface area (Å²) in [6.07, 6.45) is -0.715. The van der Waals surface area contributed by atoms with Gasteiger partial charge in [-0.3, -0.25) is 4.79 Å². The molecular formula is C16H16ClNO2. The van der Waals surface area contributed by atoms with Gasteiger partial charge in [0.25, 0.3) is 5.91 Å². The van der Waals surface area contributed by atoms with E-state index in [1.54, 1.807) is 18.2 Å². The van der Waals surface area contributed by atoms with Gasteiger partial charge in [-0.15, -0.1) is 0 Å². The lowest BCUT2D eigenvalue weighted by Crippen LogP contribution is -2.28. The fourth-order valence-corrected chi connectivity index (χ4v) is 2.19. The fourth-order valence-electron chi connectivity index (χ4n) is 1.96. The summed E-state index contributed by atoms with van der Waals surface area (Å²) < 4.78 is 0. The number of aryl methyl sites for hydroxylation is 1. The number of aliphatic hydroxyl groups excluding tert-OH is 1. The Labute approximate surface area is 123 Å². The number of aliphatic hydroxyl groups is 1. The Morgan fingerprint density at radius 3 is 2.60 bits per heavy atom. The third-order valence-corrected chi connectivity index (χ3v) is 3.31. The van der Waals surface area contributed by atoms with Gasteiger partial charge >= 0.3 is 0 Å². The highest BCUT2D eigenvalue weighted by molar-refractivity contribution is 6.30. The average Bonchev–Trinajstić information content (AvgIpc) is 2.45. The maximum absolute atomic E-state index is 12.0. The zero-order valence-corrected chi connectivity index (χ0v) is 11.9. The molecule has 0 aliphatic heterocycles. The van der Waals surface area contributed by atoms with Crippen molar-refractivity contribution < 1.29 is 9.90 Å². The second kappa shape index (κ2) is 6.55. The quantitative estimate of drug-likeness (QED) is 0.908. The number of nitrogens with one attached hydrogen (secondary N) is 1. The molecule has 2 aromatic carbocycles. The summed E-state index contributed by atoms with van der Waals surface area (Å²) in [5.74, 6) is -0.214. The standard InChI is InChI=1S/C16H16ClNO2/c1-11-9-13(17)7-8-14(11)16(20)18-10-15(19)12-5-3-2-4-6-12/h2-9,15,19H,10H2,1H3,(H,18,20). The van der Waals surface area contributed by atoms with Crippen LogP contribution in [0.15, 0.2) is 48.5 Å². The van der Waals surface area contributed by atoms with Crippen molar-refractivity contribution in [3.63, 3.8) is 0 Å². The van der Waals surface area contributed by atoms with E-state index in [2.05, 4.69) is 5.32 Å². The first-order chi connectivity index (χ1) is 9.58. The fraction of sp³-hybridized carbons (Fsp3) is 0.188. The number of benzene rings is 2. The lowest BCUT2D eigenvalue weighted by molar-refractivity contribution is 0.0915. The van der Waals surface area contributed by atoms with Crippen LogP contribution in [-0.2, 0) is 0 Å². The average molecular weight is 290 g/mol. The maximum Gasteiger partial charge on any atom is 0.251 e. The predicted octanol–water partition coefficient (Wildman–Crippen LogP) is 3.11. The van der Waals surface area contributed by atoms with Gasteiger partial charge in [0.15, 0.2) is 0 Å². The minimum Gasteiger partial charge on any atom is -0.387 e. The highest BCUT2D eigenvalue weighted by atomic mass is 35.5. The molecule has 0 fully saturated rings. The van der Waals surface area contributed by atoms with Crippen molar-refractivity contribution in [2.75, 3.05) is 6.54 Å². The monoisotopic (exact) mass is 289 g/mol. The number of hydrogen-bond acceptors (Lipinski definition) is 2. The third kappa shape index (κ3) is 3.59. The molecule has 0 radical (unpaired) electrons. The zero-order chi connectivity index (χ0) is 14.5. The highest BCUT2D eigenvalue weighted by Gasteiger charge is 2.12. The number of amides is 1. The summed E-state index contributed by atoms with van der Waals surface area (Å²) >= 11 is 5.86. The van der Waals surface area contributed by atoms with E-state index in [-0.39, 0.29) is 12.5 Å². The van der Waals surface area contributed by atoms with Crippen molar-refractivity contribution in [3.05, 3.63) is 70.2 Å². The third-order valence-electron chi connectivity index (χ3n) is 3.07. The summed E-state index contributed by atoms with van der Waals surface area (Å²) in [6, 6.07) is 14.3. The molecule has 1 unspecified atom stereocenters. The predicted molar refractivity (Wildman–Crippen MR) is 79.9 cm³/mol. The maximum atomic E-state index is 12.0. The van der Waals surface area contributed by atoms with Crippen LogP contribution in [0.25, 0.3) is 0 Å². The topological polar surface area (TPSA) is 49.3 Å². The Kier molecular flexibility index (Phi) is 4.77. The van der Waals surface area contributed by atoms with Gasteiger partial charge in [0.05, 0.1) is 6.10 Å². The van der Waals surface area contributed by atoms with Crippen LogP contribution in [0.3, 0.4) is 0 Å². The van der Waals surface area contributed by atoms with Crippen LogP contribution < -0.4 is 5.32 Å². The van der Waals surface area contributed by atoms with Crippen molar-refractivity contribution in [1.82, 2.24) is 5.32 Å². The SMILES string of the molecule is Cc1cc(Cl)ccc1C(=O)NCC(O)c1ccccc1. The van der Waals surface area contributed by atoms with Crippen molar-refractivity contribution in [3.8, 4) is 0 Å². The lowest BCUT2D eigenvalue weighted by Gasteiger charge is -2.13. The Hall–Kier alpha value is -1.84. The van der Waals surface area contributed by atoms with E-state index in [0.717, 1.165) is 11.1 Å². The van der Waals surface area contributed by atoms with E-state index in [9.17, 15) is 9.90 Å². The normalized spacial score (nSPS) is 11.9. The number of rotatable bonds is 4. The van der Waals surface area contributed by atoms with Gasteiger partial charge in [0, 0.05) is 17.1 Å². The summed E-state index contributed by atoms with van der Waals surface area (Å²) in [5, 5.41) is 13.3. The smallest absolute Gasteiger partial charge is 0.251 e. The first-order valence-electron chi connectivity index (χ1n) is 6.35. The molecule has 0 saturated heterocycles. The van der Waals surface area contributed by atoms with Crippen LogP contribution in [0.2, 0.25) is 5.02 Å². The summed E-state index contributed by atoms with van der Waals surface area (Å²) in [5.41, 5.74) is 2.15. The van der Waals surface area contributed by atoms with Crippen molar-refractivity contribution >= 4 is 17.5 Å². The molecule has 1 atom stereocenters. The lowest BCUT2D eigenvalue weighted by atomic mass is 10.1. The Bertz CT molecular complexity index is 599. The van der Waals surface area contributed by atoms with Crippen molar-refractivity contribution in [2.45, 2.75) is 13.0 Å². The van der Waals surface area contributed by atoms with Gasteiger partial charge in [-0.05, 0) is 36.2 Å². The van der Waals surface area contributed by atoms with Gasteiger partial charge in [0.1, 0.15) is 0 Å². The first kappa shape index (κ1) is 14.6. The highest BCUT2D eigenvalue weighted by Crippen LogP contribution is 2.16. The van der Waals surface area contributed by atoms with Crippen molar-refractivity contribution in [1.29, 1.82) is 0 Å². The first-order valence-corrected chi connectivity index (χ1v) is 6.73. The number of halogens is 1.